The van der Waals surface area contributed by atoms with Crippen LogP contribution in [0.2, 0.25) is 0 Å². The van der Waals surface area contributed by atoms with Gasteiger partial charge in [-0.15, -0.1) is 0 Å². The second-order valence-electron chi connectivity index (χ2n) is 5.35. The highest BCUT2D eigenvalue weighted by Gasteiger charge is 2.12. The lowest BCUT2D eigenvalue weighted by Gasteiger charge is -2.12. The Morgan fingerprint density at radius 2 is 1.76 bits per heavy atom. The number of amides is 3. The predicted molar refractivity (Wildman–Crippen MR) is 93.8 cm³/mol. The second-order valence-corrected chi connectivity index (χ2v) is 5.35. The maximum Gasteiger partial charge on any atom is 0.319 e. The zero-order valence-corrected chi connectivity index (χ0v) is 14.0. The standard InChI is InChI=1S/C18H20FN3O3/c1-12(25-2)17(23)21-14-7-5-8-15(10-14)22-18(24)20-11-13-6-3-4-9-16(13)19/h3-10,12H,11H2,1-2H3,(H,21,23)(H2,20,22,24)/t12-/m0/s1. The Balaban J connectivity index is 1.91. The van der Waals surface area contributed by atoms with Crippen LogP contribution in [0.3, 0.4) is 0 Å². The number of methoxy groups -OCH3 is 1. The molecule has 0 saturated heterocycles. The smallest absolute Gasteiger partial charge is 0.319 e. The number of rotatable bonds is 6. The molecule has 2 rings (SSSR count). The van der Waals surface area contributed by atoms with Gasteiger partial charge in [-0.2, -0.15) is 0 Å². The van der Waals surface area contributed by atoms with Gasteiger partial charge in [0.1, 0.15) is 11.9 Å². The molecule has 0 aliphatic heterocycles. The molecule has 0 saturated carbocycles. The maximum absolute atomic E-state index is 13.5. The summed E-state index contributed by atoms with van der Waals surface area (Å²) in [5, 5.41) is 7.90. The van der Waals surface area contributed by atoms with Crippen molar-refractivity contribution in [3.05, 3.63) is 59.9 Å². The summed E-state index contributed by atoms with van der Waals surface area (Å²) in [5.41, 5.74) is 1.42. The van der Waals surface area contributed by atoms with Gasteiger partial charge in [-0.05, 0) is 31.2 Å². The second kappa shape index (κ2) is 8.79. The monoisotopic (exact) mass is 345 g/mol. The van der Waals surface area contributed by atoms with Crippen molar-refractivity contribution in [3.63, 3.8) is 0 Å². The van der Waals surface area contributed by atoms with E-state index in [0.29, 0.717) is 16.9 Å². The molecule has 0 aliphatic carbocycles. The number of nitrogens with one attached hydrogen (secondary N) is 3. The average Bonchev–Trinajstić information content (AvgIpc) is 2.60. The molecule has 0 aliphatic rings. The molecule has 2 aromatic carbocycles. The van der Waals surface area contributed by atoms with E-state index in [9.17, 15) is 14.0 Å². The Labute approximate surface area is 145 Å². The Bertz CT molecular complexity index is 752. The lowest BCUT2D eigenvalue weighted by atomic mass is 10.2. The summed E-state index contributed by atoms with van der Waals surface area (Å²) in [6.45, 7) is 1.70. The molecule has 0 spiro atoms. The molecule has 132 valence electrons. The number of halogens is 1. The fraction of sp³-hybridized carbons (Fsp3) is 0.222. The molecule has 3 N–H and O–H groups in total. The normalized spacial score (nSPS) is 11.5. The fourth-order valence-electron chi connectivity index (χ4n) is 2.02. The highest BCUT2D eigenvalue weighted by Crippen LogP contribution is 2.15. The molecular formula is C18H20FN3O3. The van der Waals surface area contributed by atoms with E-state index in [-0.39, 0.29) is 18.3 Å². The first-order chi connectivity index (χ1) is 12.0. The van der Waals surface area contributed by atoms with Gasteiger partial charge in [0, 0.05) is 30.6 Å². The fourth-order valence-corrected chi connectivity index (χ4v) is 2.02. The Morgan fingerprint density at radius 1 is 1.08 bits per heavy atom. The molecule has 0 heterocycles. The Hall–Kier alpha value is -2.93. The predicted octanol–water partition coefficient (Wildman–Crippen LogP) is 3.12. The van der Waals surface area contributed by atoms with E-state index in [1.54, 1.807) is 49.4 Å². The molecular weight excluding hydrogens is 325 g/mol. The molecule has 0 unspecified atom stereocenters. The molecule has 0 aromatic heterocycles. The van der Waals surface area contributed by atoms with E-state index in [1.165, 1.54) is 13.2 Å². The van der Waals surface area contributed by atoms with E-state index in [0.717, 1.165) is 0 Å². The zero-order valence-electron chi connectivity index (χ0n) is 14.0. The molecule has 6 nitrogen and oxygen atoms in total. The third kappa shape index (κ3) is 5.58. The van der Waals surface area contributed by atoms with Crippen molar-refractivity contribution in [3.8, 4) is 0 Å². The third-order valence-electron chi connectivity index (χ3n) is 3.51. The molecule has 0 bridgehead atoms. The topological polar surface area (TPSA) is 79.5 Å². The van der Waals surface area contributed by atoms with Gasteiger partial charge in [0.25, 0.3) is 5.91 Å². The van der Waals surface area contributed by atoms with Crippen LogP contribution in [0.5, 0.6) is 0 Å². The van der Waals surface area contributed by atoms with Gasteiger partial charge in [0.05, 0.1) is 0 Å². The lowest BCUT2D eigenvalue weighted by molar-refractivity contribution is -0.124. The number of carbonyl (C=O) groups excluding carboxylic acids is 2. The summed E-state index contributed by atoms with van der Waals surface area (Å²) in [6.07, 6.45) is -0.583. The van der Waals surface area contributed by atoms with Crippen LogP contribution in [0.4, 0.5) is 20.6 Å². The van der Waals surface area contributed by atoms with Crippen molar-refractivity contribution in [1.82, 2.24) is 5.32 Å². The van der Waals surface area contributed by atoms with Crippen molar-refractivity contribution in [2.75, 3.05) is 17.7 Å². The molecule has 0 fully saturated rings. The van der Waals surface area contributed by atoms with Crippen LogP contribution in [0.1, 0.15) is 12.5 Å². The molecule has 25 heavy (non-hydrogen) atoms. The van der Waals surface area contributed by atoms with E-state index < -0.39 is 12.1 Å². The van der Waals surface area contributed by atoms with Crippen LogP contribution < -0.4 is 16.0 Å². The first-order valence-corrected chi connectivity index (χ1v) is 7.71. The number of carbonyl (C=O) groups is 2. The average molecular weight is 345 g/mol. The van der Waals surface area contributed by atoms with Crippen molar-refractivity contribution in [1.29, 1.82) is 0 Å². The first kappa shape index (κ1) is 18.4. The van der Waals surface area contributed by atoms with E-state index in [1.807, 2.05) is 0 Å². The van der Waals surface area contributed by atoms with E-state index in [4.69, 9.17) is 4.74 Å². The highest BCUT2D eigenvalue weighted by atomic mass is 19.1. The van der Waals surface area contributed by atoms with Crippen LogP contribution >= 0.6 is 0 Å². The summed E-state index contributed by atoms with van der Waals surface area (Å²) in [6, 6.07) is 12.4. The quantitative estimate of drug-likeness (QED) is 0.752. The molecule has 3 amide bonds. The van der Waals surface area contributed by atoms with Gasteiger partial charge in [0.2, 0.25) is 0 Å². The summed E-state index contributed by atoms with van der Waals surface area (Å²) in [7, 11) is 1.45. The van der Waals surface area contributed by atoms with Gasteiger partial charge in [-0.25, -0.2) is 9.18 Å². The summed E-state index contributed by atoms with van der Waals surface area (Å²) < 4.78 is 18.5. The molecule has 1 atom stereocenters. The largest absolute Gasteiger partial charge is 0.372 e. The third-order valence-corrected chi connectivity index (χ3v) is 3.51. The SMILES string of the molecule is CO[C@@H](C)C(=O)Nc1cccc(NC(=O)NCc2ccccc2F)c1. The van der Waals surface area contributed by atoms with Crippen LogP contribution in [-0.2, 0) is 16.1 Å². The van der Waals surface area contributed by atoms with Gasteiger partial charge < -0.3 is 20.7 Å². The Kier molecular flexibility index (Phi) is 6.47. The minimum absolute atomic E-state index is 0.0697. The van der Waals surface area contributed by atoms with Crippen LogP contribution in [-0.4, -0.2) is 25.2 Å². The van der Waals surface area contributed by atoms with Gasteiger partial charge in [0.15, 0.2) is 0 Å². The number of anilines is 2. The summed E-state index contributed by atoms with van der Waals surface area (Å²) >= 11 is 0. The highest BCUT2D eigenvalue weighted by molar-refractivity contribution is 5.95. The molecule has 0 radical (unpaired) electrons. The number of ether oxygens (including phenoxy) is 1. The summed E-state index contributed by atoms with van der Waals surface area (Å²) in [4.78, 5) is 23.7. The number of benzene rings is 2. The van der Waals surface area contributed by atoms with Gasteiger partial charge in [-0.1, -0.05) is 24.3 Å². The Morgan fingerprint density at radius 3 is 2.44 bits per heavy atom. The minimum atomic E-state index is -0.583. The van der Waals surface area contributed by atoms with E-state index >= 15 is 0 Å². The van der Waals surface area contributed by atoms with Gasteiger partial charge >= 0.3 is 6.03 Å². The van der Waals surface area contributed by atoms with Crippen molar-refractivity contribution < 1.29 is 18.7 Å². The molecule has 7 heteroatoms. The van der Waals surface area contributed by atoms with Crippen LogP contribution in [0.25, 0.3) is 0 Å². The number of hydrogen-bond donors (Lipinski definition) is 3. The first-order valence-electron chi connectivity index (χ1n) is 7.71. The number of hydrogen-bond acceptors (Lipinski definition) is 3. The van der Waals surface area contributed by atoms with E-state index in [2.05, 4.69) is 16.0 Å². The van der Waals surface area contributed by atoms with Gasteiger partial charge in [-0.3, -0.25) is 4.79 Å². The summed E-state index contributed by atoms with van der Waals surface area (Å²) in [5.74, 6) is -0.663. The number of urea groups is 1. The van der Waals surface area contributed by atoms with Crippen LogP contribution in [0.15, 0.2) is 48.5 Å². The van der Waals surface area contributed by atoms with Crippen molar-refractivity contribution >= 4 is 23.3 Å². The van der Waals surface area contributed by atoms with Crippen LogP contribution in [0, 0.1) is 5.82 Å². The zero-order chi connectivity index (χ0) is 18.2. The maximum atomic E-state index is 13.5. The van der Waals surface area contributed by atoms with Crippen molar-refractivity contribution in [2.24, 2.45) is 0 Å². The minimum Gasteiger partial charge on any atom is -0.372 e. The lowest BCUT2D eigenvalue weighted by Crippen LogP contribution is -2.29. The van der Waals surface area contributed by atoms with Crippen molar-refractivity contribution in [2.45, 2.75) is 19.6 Å². The molecule has 2 aromatic rings.